The average molecular weight is 354 g/mol. The Hall–Kier alpha value is -3.42. The number of nitrogens with zero attached hydrogens (tertiary/aromatic N) is 3. The fraction of sp³-hybridized carbons (Fsp3) is 0.222. The first kappa shape index (κ1) is 17.4. The number of nitrogens with one attached hydrogen (secondary N) is 1. The van der Waals surface area contributed by atoms with Crippen molar-refractivity contribution in [1.29, 1.82) is 0 Å². The molecule has 8 heteroatoms. The molecule has 0 radical (unpaired) electrons. The first-order chi connectivity index (χ1) is 12.6. The van der Waals surface area contributed by atoms with E-state index in [1.165, 1.54) is 4.57 Å². The van der Waals surface area contributed by atoms with Crippen molar-refractivity contribution in [3.05, 3.63) is 58.6 Å². The Morgan fingerprint density at radius 3 is 2.65 bits per heavy atom. The molecule has 0 aliphatic carbocycles. The number of imidazole rings is 1. The number of amides is 1. The predicted molar refractivity (Wildman–Crippen MR) is 95.3 cm³/mol. The number of carbonyl (C=O) groups excluding carboxylic acids is 1. The number of aromatic nitrogens is 3. The number of carbonyl (C=O) groups is 2. The molecule has 0 spiro atoms. The van der Waals surface area contributed by atoms with Gasteiger partial charge in [-0.3, -0.25) is 9.36 Å². The fourth-order valence-corrected chi connectivity index (χ4v) is 2.94. The molecule has 8 nitrogen and oxygen atoms in total. The van der Waals surface area contributed by atoms with Gasteiger partial charge in [-0.25, -0.2) is 19.1 Å². The van der Waals surface area contributed by atoms with Gasteiger partial charge >= 0.3 is 11.7 Å². The lowest BCUT2D eigenvalue weighted by Gasteiger charge is -2.11. The van der Waals surface area contributed by atoms with E-state index >= 15 is 0 Å². The Bertz CT molecular complexity index is 1000. The molecule has 1 amide bonds. The van der Waals surface area contributed by atoms with Gasteiger partial charge in [0.05, 0.1) is 11.2 Å². The van der Waals surface area contributed by atoms with Crippen molar-refractivity contribution in [2.24, 2.45) is 0 Å². The lowest BCUT2D eigenvalue weighted by atomic mass is 10.1. The zero-order valence-electron chi connectivity index (χ0n) is 14.1. The van der Waals surface area contributed by atoms with Crippen LogP contribution in [0, 0.1) is 0 Å². The lowest BCUT2D eigenvalue weighted by molar-refractivity contribution is -0.140. The maximum absolute atomic E-state index is 12.7. The number of rotatable bonds is 7. The third-order valence-electron chi connectivity index (χ3n) is 4.21. The molecule has 0 aliphatic heterocycles. The molecule has 1 aromatic carbocycles. The summed E-state index contributed by atoms with van der Waals surface area (Å²) < 4.78 is 3.17. The predicted octanol–water partition coefficient (Wildman–Crippen LogP) is 0.949. The van der Waals surface area contributed by atoms with E-state index in [0.29, 0.717) is 24.3 Å². The third-order valence-corrected chi connectivity index (χ3v) is 4.21. The second kappa shape index (κ2) is 7.22. The van der Waals surface area contributed by atoms with Gasteiger partial charge < -0.3 is 10.4 Å². The van der Waals surface area contributed by atoms with Crippen LogP contribution >= 0.6 is 0 Å². The number of carboxylic acids is 1. The second-order valence-electron chi connectivity index (χ2n) is 5.75. The number of carboxylic acid groups (broad SMARTS) is 1. The summed E-state index contributed by atoms with van der Waals surface area (Å²) >= 11 is 0. The largest absolute Gasteiger partial charge is 0.480 e. The van der Waals surface area contributed by atoms with Crippen molar-refractivity contribution < 1.29 is 14.7 Å². The van der Waals surface area contributed by atoms with E-state index < -0.39 is 12.0 Å². The molecule has 26 heavy (non-hydrogen) atoms. The Kier molecular flexibility index (Phi) is 4.83. The molecule has 134 valence electrons. The van der Waals surface area contributed by atoms with Gasteiger partial charge in [0, 0.05) is 19.2 Å². The highest BCUT2D eigenvalue weighted by molar-refractivity contribution is 5.76. The van der Waals surface area contributed by atoms with Gasteiger partial charge in [-0.05, 0) is 36.8 Å². The van der Waals surface area contributed by atoms with Gasteiger partial charge in [-0.15, -0.1) is 0 Å². The van der Waals surface area contributed by atoms with E-state index in [1.807, 2.05) is 13.0 Å². The molecule has 3 rings (SSSR count). The van der Waals surface area contributed by atoms with E-state index in [9.17, 15) is 14.4 Å². The first-order valence-corrected chi connectivity index (χ1v) is 8.15. The van der Waals surface area contributed by atoms with Crippen LogP contribution in [0.1, 0.15) is 12.5 Å². The monoisotopic (exact) mass is 354 g/mol. The van der Waals surface area contributed by atoms with Crippen LogP contribution in [0.4, 0.5) is 0 Å². The van der Waals surface area contributed by atoms with Crippen molar-refractivity contribution >= 4 is 23.5 Å². The first-order valence-electron chi connectivity index (χ1n) is 8.15. The quantitative estimate of drug-likeness (QED) is 0.615. The molecule has 2 aromatic heterocycles. The highest BCUT2D eigenvalue weighted by Crippen LogP contribution is 2.16. The molecule has 3 aromatic rings. The van der Waals surface area contributed by atoms with Gasteiger partial charge in [0.1, 0.15) is 6.04 Å². The number of aryl methyl sites for hydroxylation is 1. The summed E-state index contributed by atoms with van der Waals surface area (Å²) in [5.41, 5.74) is 2.52. The van der Waals surface area contributed by atoms with Gasteiger partial charge in [-0.2, -0.15) is 0 Å². The summed E-state index contributed by atoms with van der Waals surface area (Å²) in [6.07, 6.45) is 2.16. The lowest BCUT2D eigenvalue weighted by Crippen LogP contribution is -2.37. The molecule has 0 saturated carbocycles. The highest BCUT2D eigenvalue weighted by atomic mass is 16.4. The molecule has 2 heterocycles. The summed E-state index contributed by atoms with van der Waals surface area (Å²) in [6.45, 7) is 2.43. The van der Waals surface area contributed by atoms with Crippen LogP contribution < -0.4 is 11.0 Å². The maximum atomic E-state index is 12.7. The Balaban J connectivity index is 1.98. The van der Waals surface area contributed by atoms with Crippen molar-refractivity contribution in [2.45, 2.75) is 25.9 Å². The van der Waals surface area contributed by atoms with Crippen LogP contribution in [-0.4, -0.2) is 37.6 Å². The topological polar surface area (TPSA) is 106 Å². The third kappa shape index (κ3) is 3.08. The van der Waals surface area contributed by atoms with Crippen LogP contribution in [0.25, 0.3) is 16.9 Å². The normalized spacial score (nSPS) is 12.0. The second-order valence-corrected chi connectivity index (χ2v) is 5.75. The van der Waals surface area contributed by atoms with Crippen LogP contribution in [-0.2, 0) is 22.6 Å². The van der Waals surface area contributed by atoms with Crippen molar-refractivity contribution in [3.63, 3.8) is 0 Å². The highest BCUT2D eigenvalue weighted by Gasteiger charge is 2.18. The van der Waals surface area contributed by atoms with E-state index in [0.717, 1.165) is 11.1 Å². The number of fused-ring (bicyclic) bond motifs is 1. The van der Waals surface area contributed by atoms with Crippen molar-refractivity contribution in [1.82, 2.24) is 19.4 Å². The molecular weight excluding hydrogens is 336 g/mol. The minimum Gasteiger partial charge on any atom is -0.480 e. The van der Waals surface area contributed by atoms with Crippen LogP contribution in [0.5, 0.6) is 0 Å². The Morgan fingerprint density at radius 2 is 2.04 bits per heavy atom. The van der Waals surface area contributed by atoms with Crippen molar-refractivity contribution in [3.8, 4) is 5.69 Å². The number of benzene rings is 1. The summed E-state index contributed by atoms with van der Waals surface area (Å²) in [4.78, 5) is 38.7. The molecule has 0 unspecified atom stereocenters. The number of pyridine rings is 1. The number of aliphatic carboxylic acids is 1. The Labute approximate surface area is 148 Å². The van der Waals surface area contributed by atoms with E-state index in [-0.39, 0.29) is 12.1 Å². The van der Waals surface area contributed by atoms with Gasteiger partial charge in [0.2, 0.25) is 6.41 Å². The zero-order valence-corrected chi connectivity index (χ0v) is 14.1. The average Bonchev–Trinajstić information content (AvgIpc) is 2.93. The summed E-state index contributed by atoms with van der Waals surface area (Å²) in [5.74, 6) is -1.10. The van der Waals surface area contributed by atoms with E-state index in [2.05, 4.69) is 10.3 Å². The Morgan fingerprint density at radius 1 is 1.31 bits per heavy atom. The smallest absolute Gasteiger partial charge is 0.334 e. The molecule has 1 atom stereocenters. The summed E-state index contributed by atoms with van der Waals surface area (Å²) in [5, 5.41) is 11.4. The van der Waals surface area contributed by atoms with Crippen LogP contribution in [0.3, 0.4) is 0 Å². The van der Waals surface area contributed by atoms with Crippen LogP contribution in [0.2, 0.25) is 0 Å². The molecule has 0 fully saturated rings. The van der Waals surface area contributed by atoms with Gasteiger partial charge in [0.25, 0.3) is 0 Å². The van der Waals surface area contributed by atoms with Crippen molar-refractivity contribution in [2.75, 3.05) is 0 Å². The zero-order chi connectivity index (χ0) is 18.7. The SMILES string of the molecule is CCn1c(=O)n(-c2ccc(C[C@H](NC=O)C(=O)O)cc2)c2ncccc21. The molecular formula is C18H18N4O4. The number of hydrogen-bond donors (Lipinski definition) is 2. The molecule has 0 aliphatic rings. The summed E-state index contributed by atoms with van der Waals surface area (Å²) in [6, 6.07) is 9.60. The number of hydrogen-bond acceptors (Lipinski definition) is 4. The van der Waals surface area contributed by atoms with Crippen LogP contribution in [0.15, 0.2) is 47.4 Å². The minimum atomic E-state index is -1.10. The maximum Gasteiger partial charge on any atom is 0.334 e. The van der Waals surface area contributed by atoms with E-state index in [4.69, 9.17) is 5.11 Å². The minimum absolute atomic E-state index is 0.151. The molecule has 0 saturated heterocycles. The summed E-state index contributed by atoms with van der Waals surface area (Å²) in [7, 11) is 0. The molecule has 2 N–H and O–H groups in total. The van der Waals surface area contributed by atoms with Gasteiger partial charge in [-0.1, -0.05) is 12.1 Å². The molecule has 0 bridgehead atoms. The fourth-order valence-electron chi connectivity index (χ4n) is 2.94. The van der Waals surface area contributed by atoms with E-state index in [1.54, 1.807) is 41.1 Å². The standard InChI is InChI=1S/C18H18N4O4/c1-2-21-15-4-3-9-19-16(15)22(18(21)26)13-7-5-12(6-8-13)10-14(17(24)25)20-11-23/h3-9,11,14H,2,10H2,1H3,(H,20,23)(H,24,25)/t14-/m0/s1. The van der Waals surface area contributed by atoms with Gasteiger partial charge in [0.15, 0.2) is 5.65 Å².